The zero-order valence-corrected chi connectivity index (χ0v) is 12.5. The van der Waals surface area contributed by atoms with Gasteiger partial charge in [0.25, 0.3) is 5.91 Å². The molecule has 1 amide bonds. The highest BCUT2D eigenvalue weighted by Gasteiger charge is 2.16. The van der Waals surface area contributed by atoms with E-state index in [1.165, 1.54) is 24.3 Å². The molecule has 0 aliphatic rings. The molecule has 122 valence electrons. The monoisotopic (exact) mass is 322 g/mol. The van der Waals surface area contributed by atoms with Crippen molar-refractivity contribution in [3.63, 3.8) is 0 Å². The Morgan fingerprint density at radius 3 is 2.83 bits per heavy atom. The molecule has 1 N–H and O–H groups in total. The van der Waals surface area contributed by atoms with E-state index in [-0.39, 0.29) is 35.8 Å². The molecule has 0 unspecified atom stereocenters. The van der Waals surface area contributed by atoms with Gasteiger partial charge in [-0.05, 0) is 19.1 Å². The fourth-order valence-corrected chi connectivity index (χ4v) is 1.70. The third-order valence-electron chi connectivity index (χ3n) is 2.59. The van der Waals surface area contributed by atoms with E-state index in [4.69, 9.17) is 10.00 Å². The van der Waals surface area contributed by atoms with Gasteiger partial charge in [-0.1, -0.05) is 18.2 Å². The van der Waals surface area contributed by atoms with E-state index in [2.05, 4.69) is 16.6 Å². The fraction of sp³-hybridized carbons (Fsp3) is 0.250. The number of alkyl halides is 2. The third kappa shape index (κ3) is 5.43. The van der Waals surface area contributed by atoms with Gasteiger partial charge in [0.2, 0.25) is 0 Å². The van der Waals surface area contributed by atoms with Crippen LogP contribution in [-0.4, -0.2) is 25.7 Å². The molecule has 0 atom stereocenters. The van der Waals surface area contributed by atoms with Gasteiger partial charge in [-0.25, -0.2) is 0 Å². The number of halogens is 2. The molecule has 0 radical (unpaired) electrons. The number of ether oxygens (including phenoxy) is 2. The summed E-state index contributed by atoms with van der Waals surface area (Å²) in [5.74, 6) is -0.767. The lowest BCUT2D eigenvalue weighted by molar-refractivity contribution is -0.116. The lowest BCUT2D eigenvalue weighted by Crippen LogP contribution is -2.24. The van der Waals surface area contributed by atoms with Crippen LogP contribution in [0.2, 0.25) is 0 Å². The quantitative estimate of drug-likeness (QED) is 0.454. The summed E-state index contributed by atoms with van der Waals surface area (Å²) in [5.41, 5.74) is -0.110. The minimum Gasteiger partial charge on any atom is -0.490 e. The van der Waals surface area contributed by atoms with Crippen molar-refractivity contribution >= 4 is 12.0 Å². The van der Waals surface area contributed by atoms with Gasteiger partial charge in [0.15, 0.2) is 11.5 Å². The lowest BCUT2D eigenvalue weighted by Gasteiger charge is -2.13. The number of hydrogen-bond acceptors (Lipinski definition) is 4. The first-order chi connectivity index (χ1) is 11.0. The van der Waals surface area contributed by atoms with Gasteiger partial charge in [0.1, 0.15) is 11.6 Å². The average molecular weight is 322 g/mol. The summed E-state index contributed by atoms with van der Waals surface area (Å²) in [4.78, 5) is 11.8. The number of carbonyl (C=O) groups excluding carboxylic acids is 1. The molecule has 23 heavy (non-hydrogen) atoms. The van der Waals surface area contributed by atoms with Crippen LogP contribution < -0.4 is 14.8 Å². The Balaban J connectivity index is 3.25. The molecule has 0 saturated heterocycles. The standard InChI is InChI=1S/C16H16F2N2O3/c1-3-8-20-15(21)12(10-19)9-11-6-5-7-13(22-4-2)14(11)23-16(17)18/h3,5-7,9,16H,1,4,8H2,2H3,(H,20,21)/b12-9+. The van der Waals surface area contributed by atoms with Crippen LogP contribution in [0, 0.1) is 11.3 Å². The van der Waals surface area contributed by atoms with Gasteiger partial charge < -0.3 is 14.8 Å². The molecule has 1 aromatic carbocycles. The van der Waals surface area contributed by atoms with Crippen molar-refractivity contribution in [3.8, 4) is 17.6 Å². The van der Waals surface area contributed by atoms with Crippen molar-refractivity contribution in [1.29, 1.82) is 5.26 Å². The van der Waals surface area contributed by atoms with Gasteiger partial charge in [-0.15, -0.1) is 6.58 Å². The van der Waals surface area contributed by atoms with Crippen LogP contribution in [0.15, 0.2) is 36.4 Å². The molecule has 1 aromatic rings. The molecule has 0 aromatic heterocycles. The van der Waals surface area contributed by atoms with Crippen LogP contribution in [0.4, 0.5) is 8.78 Å². The van der Waals surface area contributed by atoms with Crippen LogP contribution >= 0.6 is 0 Å². The van der Waals surface area contributed by atoms with E-state index >= 15 is 0 Å². The second kappa shape index (κ2) is 9.20. The van der Waals surface area contributed by atoms with Gasteiger partial charge in [-0.2, -0.15) is 14.0 Å². The Hall–Kier alpha value is -2.88. The lowest BCUT2D eigenvalue weighted by atomic mass is 10.1. The Morgan fingerprint density at radius 1 is 1.52 bits per heavy atom. The largest absolute Gasteiger partial charge is 0.490 e. The number of carbonyl (C=O) groups is 1. The first-order valence-electron chi connectivity index (χ1n) is 6.75. The van der Waals surface area contributed by atoms with Crippen molar-refractivity contribution in [1.82, 2.24) is 5.32 Å². The zero-order valence-electron chi connectivity index (χ0n) is 12.5. The molecule has 0 saturated carbocycles. The number of nitrogens with one attached hydrogen (secondary N) is 1. The summed E-state index contributed by atoms with van der Waals surface area (Å²) in [6.07, 6.45) is 2.62. The average Bonchev–Trinajstić information content (AvgIpc) is 2.52. The Bertz CT molecular complexity index is 637. The summed E-state index contributed by atoms with van der Waals surface area (Å²) in [7, 11) is 0. The molecule has 7 heteroatoms. The SMILES string of the molecule is C=CCNC(=O)/C(C#N)=C/c1cccc(OCC)c1OC(F)F. The summed E-state index contributed by atoms with van der Waals surface area (Å²) in [6, 6.07) is 6.17. The Morgan fingerprint density at radius 2 is 2.26 bits per heavy atom. The van der Waals surface area contributed by atoms with E-state index in [1.807, 2.05) is 0 Å². The first kappa shape index (κ1) is 18.2. The molecular weight excluding hydrogens is 306 g/mol. The van der Waals surface area contributed by atoms with E-state index < -0.39 is 12.5 Å². The number of benzene rings is 1. The summed E-state index contributed by atoms with van der Waals surface area (Å²) >= 11 is 0. The van der Waals surface area contributed by atoms with Crippen molar-refractivity contribution in [2.45, 2.75) is 13.5 Å². The number of nitrogens with zero attached hydrogens (tertiary/aromatic N) is 1. The number of nitriles is 1. The maximum atomic E-state index is 12.6. The molecule has 0 aliphatic heterocycles. The van der Waals surface area contributed by atoms with Crippen molar-refractivity contribution in [3.05, 3.63) is 42.0 Å². The highest BCUT2D eigenvalue weighted by molar-refractivity contribution is 6.02. The smallest absolute Gasteiger partial charge is 0.387 e. The van der Waals surface area contributed by atoms with Crippen molar-refractivity contribution in [2.75, 3.05) is 13.2 Å². The minimum atomic E-state index is -3.07. The topological polar surface area (TPSA) is 71.4 Å². The number of hydrogen-bond donors (Lipinski definition) is 1. The zero-order chi connectivity index (χ0) is 17.2. The second-order valence-corrected chi connectivity index (χ2v) is 4.15. The maximum Gasteiger partial charge on any atom is 0.387 e. The highest BCUT2D eigenvalue weighted by atomic mass is 19.3. The van der Waals surface area contributed by atoms with Crippen molar-refractivity contribution < 1.29 is 23.0 Å². The van der Waals surface area contributed by atoms with Gasteiger partial charge in [0.05, 0.1) is 6.61 Å². The highest BCUT2D eigenvalue weighted by Crippen LogP contribution is 2.34. The summed E-state index contributed by atoms with van der Waals surface area (Å²) < 4.78 is 34.9. The predicted octanol–water partition coefficient (Wildman–Crippen LogP) is 2.90. The molecular formula is C16H16F2N2O3. The normalized spacial score (nSPS) is 10.8. The predicted molar refractivity (Wildman–Crippen MR) is 81.0 cm³/mol. The van der Waals surface area contributed by atoms with Crippen LogP contribution in [0.3, 0.4) is 0 Å². The minimum absolute atomic E-state index is 0.102. The maximum absolute atomic E-state index is 12.6. The van der Waals surface area contributed by atoms with Crippen LogP contribution in [0.1, 0.15) is 12.5 Å². The molecule has 0 aliphatic carbocycles. The van der Waals surface area contributed by atoms with Crippen LogP contribution in [-0.2, 0) is 4.79 Å². The third-order valence-corrected chi connectivity index (χ3v) is 2.59. The molecule has 0 heterocycles. The van der Waals surface area contributed by atoms with Gasteiger partial charge >= 0.3 is 6.61 Å². The molecule has 0 fully saturated rings. The van der Waals surface area contributed by atoms with E-state index in [0.717, 1.165) is 0 Å². The van der Waals surface area contributed by atoms with E-state index in [1.54, 1.807) is 19.1 Å². The summed E-state index contributed by atoms with van der Waals surface area (Å²) in [6.45, 7) is 2.50. The van der Waals surface area contributed by atoms with E-state index in [9.17, 15) is 13.6 Å². The first-order valence-corrected chi connectivity index (χ1v) is 6.75. The van der Waals surface area contributed by atoms with Crippen LogP contribution in [0.25, 0.3) is 6.08 Å². The molecule has 1 rings (SSSR count). The van der Waals surface area contributed by atoms with Gasteiger partial charge in [-0.3, -0.25) is 4.79 Å². The molecule has 0 spiro atoms. The van der Waals surface area contributed by atoms with Crippen LogP contribution in [0.5, 0.6) is 11.5 Å². The second-order valence-electron chi connectivity index (χ2n) is 4.15. The summed E-state index contributed by atoms with van der Waals surface area (Å²) in [5, 5.41) is 11.5. The number of amides is 1. The number of para-hydroxylation sites is 1. The Labute approximate surface area is 132 Å². The van der Waals surface area contributed by atoms with Crippen molar-refractivity contribution in [2.24, 2.45) is 0 Å². The fourth-order valence-electron chi connectivity index (χ4n) is 1.70. The number of rotatable bonds is 8. The van der Waals surface area contributed by atoms with Gasteiger partial charge in [0, 0.05) is 12.1 Å². The van der Waals surface area contributed by atoms with E-state index in [0.29, 0.717) is 0 Å². The molecule has 5 nitrogen and oxygen atoms in total. The molecule has 0 bridgehead atoms. The Kier molecular flexibility index (Phi) is 7.27.